The Morgan fingerprint density at radius 2 is 2.33 bits per heavy atom. The zero-order chi connectivity index (χ0) is 9.30. The number of amides is 1. The number of rotatable bonds is 1. The van der Waals surface area contributed by atoms with Crippen LogP contribution in [0.5, 0.6) is 5.88 Å². The lowest BCUT2D eigenvalue weighted by molar-refractivity contribution is 0.243. The molecule has 0 unspecified atom stereocenters. The highest BCUT2D eigenvalue weighted by Crippen LogP contribution is 2.26. The van der Waals surface area contributed by atoms with Crippen LogP contribution in [0.4, 0.5) is 4.79 Å². The van der Waals surface area contributed by atoms with Gasteiger partial charge in [-0.2, -0.15) is 5.10 Å². The normalized spacial score (nSPS) is 9.92. The number of primary amides is 1. The molecular formula is C6H8ClN3O2. The summed E-state index contributed by atoms with van der Waals surface area (Å²) in [5, 5.41) is 4.07. The lowest BCUT2D eigenvalue weighted by Crippen LogP contribution is -2.21. The topological polar surface area (TPSA) is 70.1 Å². The lowest BCUT2D eigenvalue weighted by atomic mass is 10.5. The van der Waals surface area contributed by atoms with Gasteiger partial charge in [0.15, 0.2) is 0 Å². The highest BCUT2D eigenvalue weighted by atomic mass is 35.5. The predicted octanol–water partition coefficient (Wildman–Crippen LogP) is 0.780. The number of ether oxygens (including phenoxy) is 1. The summed E-state index contributed by atoms with van der Waals surface area (Å²) in [4.78, 5) is 10.7. The second-order valence-corrected chi connectivity index (χ2v) is 2.54. The minimum atomic E-state index is -0.721. The first kappa shape index (κ1) is 8.86. The van der Waals surface area contributed by atoms with Crippen LogP contribution in [0.1, 0.15) is 5.69 Å². The number of methoxy groups -OCH3 is 1. The van der Waals surface area contributed by atoms with Gasteiger partial charge in [0.2, 0.25) is 5.88 Å². The van der Waals surface area contributed by atoms with E-state index in [9.17, 15) is 4.79 Å². The van der Waals surface area contributed by atoms with Crippen LogP contribution in [0.25, 0.3) is 0 Å². The molecule has 1 rings (SSSR count). The number of hydrogen-bond donors (Lipinski definition) is 1. The van der Waals surface area contributed by atoms with Crippen molar-refractivity contribution < 1.29 is 9.53 Å². The number of halogens is 1. The Kier molecular flexibility index (Phi) is 2.23. The molecule has 0 aliphatic carbocycles. The summed E-state index contributed by atoms with van der Waals surface area (Å²) in [6, 6.07) is -0.721. The molecule has 0 saturated carbocycles. The van der Waals surface area contributed by atoms with Gasteiger partial charge < -0.3 is 10.5 Å². The second-order valence-electron chi connectivity index (χ2n) is 2.16. The molecule has 0 aliphatic rings. The summed E-state index contributed by atoms with van der Waals surface area (Å²) < 4.78 is 5.74. The predicted molar refractivity (Wildman–Crippen MR) is 43.5 cm³/mol. The Hall–Kier alpha value is -1.23. The van der Waals surface area contributed by atoms with Crippen molar-refractivity contribution in [2.24, 2.45) is 5.73 Å². The zero-order valence-corrected chi connectivity index (χ0v) is 7.42. The van der Waals surface area contributed by atoms with Crippen LogP contribution in [0.2, 0.25) is 5.02 Å². The number of nitrogens with two attached hydrogens (primary N) is 1. The van der Waals surface area contributed by atoms with Gasteiger partial charge in [-0.25, -0.2) is 4.79 Å². The van der Waals surface area contributed by atoms with E-state index in [4.69, 9.17) is 22.1 Å². The van der Waals surface area contributed by atoms with E-state index >= 15 is 0 Å². The third-order valence-corrected chi connectivity index (χ3v) is 1.79. The molecule has 0 aliphatic heterocycles. The maximum absolute atomic E-state index is 10.7. The molecule has 12 heavy (non-hydrogen) atoms. The van der Waals surface area contributed by atoms with Crippen LogP contribution in [-0.4, -0.2) is 22.9 Å². The van der Waals surface area contributed by atoms with Gasteiger partial charge in [0.25, 0.3) is 0 Å². The van der Waals surface area contributed by atoms with Crippen LogP contribution in [-0.2, 0) is 0 Å². The summed E-state index contributed by atoms with van der Waals surface area (Å²) in [7, 11) is 1.39. The molecule has 2 N–H and O–H groups in total. The van der Waals surface area contributed by atoms with Gasteiger partial charge >= 0.3 is 6.03 Å². The molecule has 0 spiro atoms. The fourth-order valence-electron chi connectivity index (χ4n) is 0.812. The van der Waals surface area contributed by atoms with E-state index < -0.39 is 6.03 Å². The summed E-state index contributed by atoms with van der Waals surface area (Å²) in [5.41, 5.74) is 5.50. The maximum atomic E-state index is 10.7. The van der Waals surface area contributed by atoms with Crippen molar-refractivity contribution in [3.8, 4) is 5.88 Å². The van der Waals surface area contributed by atoms with E-state index in [-0.39, 0.29) is 5.88 Å². The Morgan fingerprint density at radius 3 is 2.67 bits per heavy atom. The third kappa shape index (κ3) is 1.23. The first-order valence-electron chi connectivity index (χ1n) is 3.16. The van der Waals surface area contributed by atoms with Gasteiger partial charge in [0.1, 0.15) is 5.02 Å². The van der Waals surface area contributed by atoms with Crippen LogP contribution < -0.4 is 10.5 Å². The first-order valence-corrected chi connectivity index (χ1v) is 3.54. The SMILES string of the molecule is COc1c(Cl)c(C)nn1C(N)=O. The number of nitrogens with zero attached hydrogens (tertiary/aromatic N) is 2. The highest BCUT2D eigenvalue weighted by Gasteiger charge is 2.16. The summed E-state index contributed by atoms with van der Waals surface area (Å²) in [6.45, 7) is 1.66. The van der Waals surface area contributed by atoms with Crippen molar-refractivity contribution in [1.29, 1.82) is 0 Å². The van der Waals surface area contributed by atoms with E-state index in [2.05, 4.69) is 5.10 Å². The molecule has 0 aromatic carbocycles. The molecule has 1 aromatic rings. The van der Waals surface area contributed by atoms with Crippen LogP contribution >= 0.6 is 11.6 Å². The number of aryl methyl sites for hydroxylation is 1. The van der Waals surface area contributed by atoms with E-state index in [0.717, 1.165) is 4.68 Å². The maximum Gasteiger partial charge on any atom is 0.342 e. The standard InChI is InChI=1S/C6H8ClN3O2/c1-3-4(7)5(12-2)10(9-3)6(8)11/h1-2H3,(H2,8,11). The summed E-state index contributed by atoms with van der Waals surface area (Å²) in [6.07, 6.45) is 0. The monoisotopic (exact) mass is 189 g/mol. The zero-order valence-electron chi connectivity index (χ0n) is 6.67. The van der Waals surface area contributed by atoms with Crippen molar-refractivity contribution in [3.63, 3.8) is 0 Å². The van der Waals surface area contributed by atoms with Crippen molar-refractivity contribution >= 4 is 17.6 Å². The van der Waals surface area contributed by atoms with E-state index in [1.54, 1.807) is 6.92 Å². The van der Waals surface area contributed by atoms with Crippen molar-refractivity contribution in [3.05, 3.63) is 10.7 Å². The molecule has 5 nitrogen and oxygen atoms in total. The van der Waals surface area contributed by atoms with Gasteiger partial charge in [-0.1, -0.05) is 11.6 Å². The van der Waals surface area contributed by atoms with Gasteiger partial charge in [0, 0.05) is 0 Å². The molecular weight excluding hydrogens is 182 g/mol. The average Bonchev–Trinajstić information content (AvgIpc) is 2.29. The largest absolute Gasteiger partial charge is 0.480 e. The summed E-state index contributed by atoms with van der Waals surface area (Å²) >= 11 is 5.74. The van der Waals surface area contributed by atoms with Gasteiger partial charge in [-0.3, -0.25) is 0 Å². The minimum absolute atomic E-state index is 0.168. The van der Waals surface area contributed by atoms with E-state index in [1.165, 1.54) is 7.11 Å². The average molecular weight is 190 g/mol. The Balaban J connectivity index is 3.29. The molecule has 1 aromatic heterocycles. The van der Waals surface area contributed by atoms with Crippen molar-refractivity contribution in [2.45, 2.75) is 6.92 Å². The first-order chi connectivity index (χ1) is 5.57. The van der Waals surface area contributed by atoms with Gasteiger partial charge in [0.05, 0.1) is 12.8 Å². The molecule has 6 heteroatoms. The molecule has 0 atom stereocenters. The van der Waals surface area contributed by atoms with Crippen molar-refractivity contribution in [1.82, 2.24) is 9.78 Å². The summed E-state index contributed by atoms with van der Waals surface area (Å²) in [5.74, 6) is 0.168. The minimum Gasteiger partial charge on any atom is -0.480 e. The number of hydrogen-bond acceptors (Lipinski definition) is 3. The molecule has 66 valence electrons. The van der Waals surface area contributed by atoms with Crippen LogP contribution in [0, 0.1) is 6.92 Å². The lowest BCUT2D eigenvalue weighted by Gasteiger charge is -1.99. The van der Waals surface area contributed by atoms with Crippen molar-refractivity contribution in [2.75, 3.05) is 7.11 Å². The van der Waals surface area contributed by atoms with Gasteiger partial charge in [-0.05, 0) is 6.92 Å². The second kappa shape index (κ2) is 3.02. The van der Waals surface area contributed by atoms with E-state index in [0.29, 0.717) is 10.7 Å². The molecule has 0 saturated heterocycles. The fourth-order valence-corrected chi connectivity index (χ4v) is 1.01. The quantitative estimate of drug-likeness (QED) is 0.710. The fraction of sp³-hybridized carbons (Fsp3) is 0.333. The van der Waals surface area contributed by atoms with Gasteiger partial charge in [-0.15, -0.1) is 4.68 Å². The third-order valence-electron chi connectivity index (χ3n) is 1.35. The molecule has 0 radical (unpaired) electrons. The number of aromatic nitrogens is 2. The number of carbonyl (C=O) groups excluding carboxylic acids is 1. The molecule has 0 bridgehead atoms. The Labute approximate surface area is 74.1 Å². The number of carbonyl (C=O) groups is 1. The van der Waals surface area contributed by atoms with E-state index in [1.807, 2.05) is 0 Å². The molecule has 0 fully saturated rings. The molecule has 1 heterocycles. The Bertz CT molecular complexity index is 321. The van der Waals surface area contributed by atoms with Crippen LogP contribution in [0.3, 0.4) is 0 Å². The Morgan fingerprint density at radius 1 is 1.75 bits per heavy atom. The highest BCUT2D eigenvalue weighted by molar-refractivity contribution is 6.32. The smallest absolute Gasteiger partial charge is 0.342 e. The molecule has 1 amide bonds. The van der Waals surface area contributed by atoms with Crippen LogP contribution in [0.15, 0.2) is 0 Å².